The van der Waals surface area contributed by atoms with Crippen LogP contribution in [0.25, 0.3) is 0 Å². The highest BCUT2D eigenvalue weighted by Gasteiger charge is 2.18. The minimum Gasteiger partial charge on any atom is -0.351 e. The van der Waals surface area contributed by atoms with Gasteiger partial charge in [0, 0.05) is 45.8 Å². The maximum atomic E-state index is 12.3. The van der Waals surface area contributed by atoms with Gasteiger partial charge in [0.1, 0.15) is 0 Å². The standard InChI is InChI=1S/C23H32N4O/c1-25(2)17-22-10-8-20(9-11-22)16-24-23(28)19-27-14-12-26(13-15-27)18-21-6-4-3-5-7-21/h3-11H,12-19H2,1-2H3,(H,24,28). The third-order valence-electron chi connectivity index (χ3n) is 5.09. The van der Waals surface area contributed by atoms with E-state index in [2.05, 4.69) is 88.7 Å². The van der Waals surface area contributed by atoms with Gasteiger partial charge in [-0.25, -0.2) is 0 Å². The molecule has 1 aliphatic heterocycles. The van der Waals surface area contributed by atoms with Crippen molar-refractivity contribution in [2.45, 2.75) is 19.6 Å². The van der Waals surface area contributed by atoms with Gasteiger partial charge in [0.2, 0.25) is 5.91 Å². The molecule has 1 amide bonds. The lowest BCUT2D eigenvalue weighted by Crippen LogP contribution is -2.49. The Morgan fingerprint density at radius 1 is 0.857 bits per heavy atom. The van der Waals surface area contributed by atoms with Crippen molar-refractivity contribution in [3.63, 3.8) is 0 Å². The zero-order valence-corrected chi connectivity index (χ0v) is 17.1. The highest BCUT2D eigenvalue weighted by Crippen LogP contribution is 2.09. The van der Waals surface area contributed by atoms with Crippen LogP contribution in [0.5, 0.6) is 0 Å². The van der Waals surface area contributed by atoms with Crippen molar-refractivity contribution in [1.82, 2.24) is 20.0 Å². The molecular weight excluding hydrogens is 348 g/mol. The molecule has 5 nitrogen and oxygen atoms in total. The summed E-state index contributed by atoms with van der Waals surface area (Å²) in [6.45, 7) is 6.91. The van der Waals surface area contributed by atoms with Crippen LogP contribution < -0.4 is 5.32 Å². The van der Waals surface area contributed by atoms with E-state index in [0.717, 1.165) is 44.8 Å². The number of hydrogen-bond donors (Lipinski definition) is 1. The number of nitrogens with zero attached hydrogens (tertiary/aromatic N) is 3. The van der Waals surface area contributed by atoms with E-state index >= 15 is 0 Å². The van der Waals surface area contributed by atoms with Crippen LogP contribution in [0.2, 0.25) is 0 Å². The van der Waals surface area contributed by atoms with Gasteiger partial charge in [-0.2, -0.15) is 0 Å². The third-order valence-corrected chi connectivity index (χ3v) is 5.09. The smallest absolute Gasteiger partial charge is 0.234 e. The van der Waals surface area contributed by atoms with Crippen molar-refractivity contribution in [3.8, 4) is 0 Å². The number of rotatable bonds is 8. The van der Waals surface area contributed by atoms with Crippen molar-refractivity contribution < 1.29 is 4.79 Å². The fourth-order valence-corrected chi connectivity index (χ4v) is 3.53. The molecule has 150 valence electrons. The molecule has 0 aliphatic carbocycles. The Morgan fingerprint density at radius 3 is 2.11 bits per heavy atom. The van der Waals surface area contributed by atoms with Crippen LogP contribution in [0.1, 0.15) is 16.7 Å². The molecule has 1 fully saturated rings. The van der Waals surface area contributed by atoms with Crippen molar-refractivity contribution in [1.29, 1.82) is 0 Å². The molecular formula is C23H32N4O. The molecule has 1 aliphatic rings. The van der Waals surface area contributed by atoms with E-state index in [1.165, 1.54) is 11.1 Å². The quantitative estimate of drug-likeness (QED) is 0.762. The van der Waals surface area contributed by atoms with E-state index in [4.69, 9.17) is 0 Å². The first kappa shape index (κ1) is 20.5. The monoisotopic (exact) mass is 380 g/mol. The molecule has 0 radical (unpaired) electrons. The summed E-state index contributed by atoms with van der Waals surface area (Å²) in [5.74, 6) is 0.105. The molecule has 3 rings (SSSR count). The van der Waals surface area contributed by atoms with Gasteiger partial charge >= 0.3 is 0 Å². The second-order valence-corrected chi connectivity index (χ2v) is 7.87. The molecule has 5 heteroatoms. The Labute approximate surface area is 168 Å². The number of benzene rings is 2. The van der Waals surface area contributed by atoms with Crippen LogP contribution in [-0.2, 0) is 24.4 Å². The Bertz CT molecular complexity index is 722. The zero-order chi connectivity index (χ0) is 19.8. The normalized spacial score (nSPS) is 15.7. The summed E-state index contributed by atoms with van der Waals surface area (Å²) >= 11 is 0. The molecule has 1 N–H and O–H groups in total. The van der Waals surface area contributed by atoms with Crippen molar-refractivity contribution >= 4 is 5.91 Å². The van der Waals surface area contributed by atoms with E-state index < -0.39 is 0 Å². The molecule has 1 saturated heterocycles. The first-order valence-electron chi connectivity index (χ1n) is 10.1. The van der Waals surface area contributed by atoms with Crippen LogP contribution in [0.4, 0.5) is 0 Å². The first-order valence-corrected chi connectivity index (χ1v) is 10.1. The van der Waals surface area contributed by atoms with E-state index in [9.17, 15) is 4.79 Å². The van der Waals surface area contributed by atoms with E-state index in [0.29, 0.717) is 13.1 Å². The molecule has 0 atom stereocenters. The molecule has 2 aromatic carbocycles. The summed E-state index contributed by atoms with van der Waals surface area (Å²) < 4.78 is 0. The average molecular weight is 381 g/mol. The van der Waals surface area contributed by atoms with Crippen molar-refractivity contribution in [2.24, 2.45) is 0 Å². The average Bonchev–Trinajstić information content (AvgIpc) is 2.69. The van der Waals surface area contributed by atoms with E-state index in [1.807, 2.05) is 0 Å². The number of nitrogens with one attached hydrogen (secondary N) is 1. The summed E-state index contributed by atoms with van der Waals surface area (Å²) in [5, 5.41) is 3.05. The van der Waals surface area contributed by atoms with E-state index in [1.54, 1.807) is 0 Å². The van der Waals surface area contributed by atoms with Crippen LogP contribution in [0, 0.1) is 0 Å². The van der Waals surface area contributed by atoms with Crippen molar-refractivity contribution in [3.05, 3.63) is 71.3 Å². The predicted octanol–water partition coefficient (Wildman–Crippen LogP) is 2.18. The highest BCUT2D eigenvalue weighted by atomic mass is 16.2. The lowest BCUT2D eigenvalue weighted by Gasteiger charge is -2.34. The van der Waals surface area contributed by atoms with Crippen LogP contribution in [0.15, 0.2) is 54.6 Å². The Morgan fingerprint density at radius 2 is 1.46 bits per heavy atom. The number of carbonyl (C=O) groups is 1. The number of hydrogen-bond acceptors (Lipinski definition) is 4. The summed E-state index contributed by atoms with van der Waals surface area (Å²) in [4.78, 5) is 19.2. The fourth-order valence-electron chi connectivity index (χ4n) is 3.53. The maximum Gasteiger partial charge on any atom is 0.234 e. The number of piperazine rings is 1. The Hall–Kier alpha value is -2.21. The summed E-state index contributed by atoms with van der Waals surface area (Å²) in [6.07, 6.45) is 0. The lowest BCUT2D eigenvalue weighted by atomic mass is 10.1. The van der Waals surface area contributed by atoms with Gasteiger partial charge in [-0.15, -0.1) is 0 Å². The molecule has 0 aromatic heterocycles. The largest absolute Gasteiger partial charge is 0.351 e. The lowest BCUT2D eigenvalue weighted by molar-refractivity contribution is -0.122. The molecule has 0 saturated carbocycles. The molecule has 2 aromatic rings. The first-order chi connectivity index (χ1) is 13.6. The molecule has 0 spiro atoms. The predicted molar refractivity (Wildman–Crippen MR) is 114 cm³/mol. The van der Waals surface area contributed by atoms with Crippen LogP contribution in [0.3, 0.4) is 0 Å². The minimum atomic E-state index is 0.105. The van der Waals surface area contributed by atoms with Gasteiger partial charge in [-0.05, 0) is 30.8 Å². The Balaban J connectivity index is 1.35. The molecule has 28 heavy (non-hydrogen) atoms. The molecule has 0 unspecified atom stereocenters. The summed E-state index contributed by atoms with van der Waals surface area (Å²) in [7, 11) is 4.13. The van der Waals surface area contributed by atoms with Crippen molar-refractivity contribution in [2.75, 3.05) is 46.8 Å². The van der Waals surface area contributed by atoms with Gasteiger partial charge in [0.15, 0.2) is 0 Å². The van der Waals surface area contributed by atoms with Gasteiger partial charge < -0.3 is 10.2 Å². The fraction of sp³-hybridized carbons (Fsp3) is 0.435. The molecule has 0 bridgehead atoms. The van der Waals surface area contributed by atoms with Gasteiger partial charge in [-0.1, -0.05) is 54.6 Å². The van der Waals surface area contributed by atoms with Gasteiger partial charge in [0.05, 0.1) is 6.54 Å². The van der Waals surface area contributed by atoms with Crippen LogP contribution in [-0.4, -0.2) is 67.4 Å². The van der Waals surface area contributed by atoms with Gasteiger partial charge in [0.25, 0.3) is 0 Å². The van der Waals surface area contributed by atoms with Gasteiger partial charge in [-0.3, -0.25) is 14.6 Å². The SMILES string of the molecule is CN(C)Cc1ccc(CNC(=O)CN2CCN(Cc3ccccc3)CC2)cc1. The van der Waals surface area contributed by atoms with E-state index in [-0.39, 0.29) is 5.91 Å². The second kappa shape index (κ2) is 10.4. The second-order valence-electron chi connectivity index (χ2n) is 7.87. The molecule has 1 heterocycles. The highest BCUT2D eigenvalue weighted by molar-refractivity contribution is 5.78. The summed E-state index contributed by atoms with van der Waals surface area (Å²) in [5.41, 5.74) is 3.78. The van der Waals surface area contributed by atoms with Crippen LogP contribution >= 0.6 is 0 Å². The number of amides is 1. The topological polar surface area (TPSA) is 38.8 Å². The minimum absolute atomic E-state index is 0.105. The Kier molecular flexibility index (Phi) is 7.60. The summed E-state index contributed by atoms with van der Waals surface area (Å²) in [6, 6.07) is 19.0. The zero-order valence-electron chi connectivity index (χ0n) is 17.1. The third kappa shape index (κ3) is 6.75. The maximum absolute atomic E-state index is 12.3. The number of carbonyl (C=O) groups excluding carboxylic acids is 1.